The van der Waals surface area contributed by atoms with Crippen molar-refractivity contribution in [1.29, 1.82) is 0 Å². The van der Waals surface area contributed by atoms with Crippen molar-refractivity contribution in [3.8, 4) is 0 Å². The first-order valence-corrected chi connectivity index (χ1v) is 8.91. The number of hydrogen-bond acceptors (Lipinski definition) is 2. The van der Waals surface area contributed by atoms with E-state index in [0.29, 0.717) is 11.1 Å². The Kier molecular flexibility index (Phi) is 5.37. The molecule has 2 saturated heterocycles. The second-order valence-corrected chi connectivity index (χ2v) is 6.92. The molecule has 2 aliphatic rings. The fraction of sp³-hybridized carbons (Fsp3) is 0.611. The van der Waals surface area contributed by atoms with E-state index in [9.17, 15) is 4.79 Å². The van der Waals surface area contributed by atoms with Gasteiger partial charge in [-0.15, -0.1) is 0 Å². The molecule has 0 unspecified atom stereocenters. The van der Waals surface area contributed by atoms with E-state index < -0.39 is 0 Å². The van der Waals surface area contributed by atoms with Gasteiger partial charge < -0.3 is 9.80 Å². The van der Waals surface area contributed by atoms with E-state index in [0.717, 1.165) is 31.5 Å². The molecule has 120 valence electrons. The van der Waals surface area contributed by atoms with E-state index in [-0.39, 0.29) is 5.91 Å². The number of rotatable bonds is 2. The van der Waals surface area contributed by atoms with Crippen LogP contribution in [0.4, 0.5) is 0 Å². The first-order chi connectivity index (χ1) is 10.7. The number of likely N-dealkylation sites (tertiary alicyclic amines) is 2. The number of piperidine rings is 1. The average Bonchev–Trinajstić information content (AvgIpc) is 2.84. The van der Waals surface area contributed by atoms with Crippen molar-refractivity contribution in [3.63, 3.8) is 0 Å². The fourth-order valence-electron chi connectivity index (χ4n) is 3.67. The minimum Gasteiger partial charge on any atom is -0.339 e. The Morgan fingerprint density at radius 1 is 0.909 bits per heavy atom. The van der Waals surface area contributed by atoms with Gasteiger partial charge in [0.15, 0.2) is 0 Å². The van der Waals surface area contributed by atoms with Crippen molar-refractivity contribution in [2.24, 2.45) is 0 Å². The highest BCUT2D eigenvalue weighted by molar-refractivity contribution is 6.30. The van der Waals surface area contributed by atoms with Gasteiger partial charge in [-0.25, -0.2) is 0 Å². The second-order valence-electron chi connectivity index (χ2n) is 6.48. The standard InChI is InChI=1S/C18H25ClN2O/c19-16-7-5-15(6-8-16)18(22)21-13-9-17(10-14-21)20-11-3-1-2-4-12-20/h5-8,17H,1-4,9-14H2. The predicted molar refractivity (Wildman–Crippen MR) is 90.4 cm³/mol. The van der Waals surface area contributed by atoms with Crippen molar-refractivity contribution in [2.75, 3.05) is 26.2 Å². The van der Waals surface area contributed by atoms with E-state index in [1.807, 2.05) is 17.0 Å². The highest BCUT2D eigenvalue weighted by Crippen LogP contribution is 2.22. The third kappa shape index (κ3) is 3.82. The second kappa shape index (κ2) is 7.47. The van der Waals surface area contributed by atoms with Crippen LogP contribution in [0.2, 0.25) is 5.02 Å². The summed E-state index contributed by atoms with van der Waals surface area (Å²) < 4.78 is 0. The third-order valence-electron chi connectivity index (χ3n) is 5.00. The predicted octanol–water partition coefficient (Wildman–Crippen LogP) is 3.82. The number of nitrogens with zero attached hydrogens (tertiary/aromatic N) is 2. The quantitative estimate of drug-likeness (QED) is 0.827. The van der Waals surface area contributed by atoms with Gasteiger partial charge in [0.05, 0.1) is 0 Å². The Balaban J connectivity index is 1.54. The summed E-state index contributed by atoms with van der Waals surface area (Å²) in [6, 6.07) is 7.90. The van der Waals surface area contributed by atoms with Gasteiger partial charge in [0.25, 0.3) is 5.91 Å². The van der Waals surface area contributed by atoms with Crippen LogP contribution in [0.15, 0.2) is 24.3 Å². The minimum atomic E-state index is 0.144. The molecule has 1 aromatic rings. The van der Waals surface area contributed by atoms with E-state index in [2.05, 4.69) is 4.90 Å². The lowest BCUT2D eigenvalue weighted by Crippen LogP contribution is -2.47. The maximum Gasteiger partial charge on any atom is 0.253 e. The van der Waals surface area contributed by atoms with Crippen LogP contribution in [0.1, 0.15) is 48.9 Å². The number of halogens is 1. The molecule has 4 heteroatoms. The smallest absolute Gasteiger partial charge is 0.253 e. The Hall–Kier alpha value is -1.06. The molecule has 0 bridgehead atoms. The lowest BCUT2D eigenvalue weighted by Gasteiger charge is -2.38. The maximum atomic E-state index is 12.5. The highest BCUT2D eigenvalue weighted by atomic mass is 35.5. The van der Waals surface area contributed by atoms with Crippen LogP contribution in [0.5, 0.6) is 0 Å². The lowest BCUT2D eigenvalue weighted by atomic mass is 10.0. The molecule has 0 N–H and O–H groups in total. The van der Waals surface area contributed by atoms with Crippen LogP contribution in [0, 0.1) is 0 Å². The van der Waals surface area contributed by atoms with E-state index in [1.165, 1.54) is 38.8 Å². The molecule has 2 fully saturated rings. The summed E-state index contributed by atoms with van der Waals surface area (Å²) in [4.78, 5) is 17.2. The molecule has 22 heavy (non-hydrogen) atoms. The fourth-order valence-corrected chi connectivity index (χ4v) is 3.80. The monoisotopic (exact) mass is 320 g/mol. The summed E-state index contributed by atoms with van der Waals surface area (Å²) in [5, 5.41) is 0.677. The van der Waals surface area contributed by atoms with Crippen LogP contribution in [0.3, 0.4) is 0 Å². The Labute approximate surface area is 138 Å². The molecule has 0 spiro atoms. The molecule has 0 radical (unpaired) electrons. The van der Waals surface area contributed by atoms with Crippen molar-refractivity contribution in [1.82, 2.24) is 9.80 Å². The first-order valence-electron chi connectivity index (χ1n) is 8.53. The molecular formula is C18H25ClN2O. The van der Waals surface area contributed by atoms with Gasteiger partial charge in [-0.05, 0) is 63.0 Å². The zero-order valence-electron chi connectivity index (χ0n) is 13.1. The van der Waals surface area contributed by atoms with Crippen molar-refractivity contribution >= 4 is 17.5 Å². The summed E-state index contributed by atoms with van der Waals surface area (Å²) in [5.74, 6) is 0.144. The molecule has 1 aromatic carbocycles. The van der Waals surface area contributed by atoms with Crippen molar-refractivity contribution in [3.05, 3.63) is 34.9 Å². The third-order valence-corrected chi connectivity index (χ3v) is 5.25. The number of carbonyl (C=O) groups excluding carboxylic acids is 1. The van der Waals surface area contributed by atoms with Gasteiger partial charge in [-0.1, -0.05) is 24.4 Å². The van der Waals surface area contributed by atoms with Gasteiger partial charge in [-0.3, -0.25) is 4.79 Å². The average molecular weight is 321 g/mol. The molecule has 0 aromatic heterocycles. The summed E-state index contributed by atoms with van der Waals surface area (Å²) in [7, 11) is 0. The van der Waals surface area contributed by atoms with Crippen LogP contribution >= 0.6 is 11.6 Å². The zero-order valence-corrected chi connectivity index (χ0v) is 13.9. The Bertz CT molecular complexity index is 486. The van der Waals surface area contributed by atoms with Gasteiger partial charge in [0.1, 0.15) is 0 Å². The molecule has 0 aliphatic carbocycles. The minimum absolute atomic E-state index is 0.144. The summed E-state index contributed by atoms with van der Waals surface area (Å²) in [6.45, 7) is 4.25. The summed E-state index contributed by atoms with van der Waals surface area (Å²) in [6.07, 6.45) is 7.65. The Morgan fingerprint density at radius 2 is 1.50 bits per heavy atom. The lowest BCUT2D eigenvalue weighted by molar-refractivity contribution is 0.0623. The Morgan fingerprint density at radius 3 is 2.09 bits per heavy atom. The molecule has 1 amide bonds. The SMILES string of the molecule is O=C(c1ccc(Cl)cc1)N1CCC(N2CCCCCC2)CC1. The topological polar surface area (TPSA) is 23.6 Å². The molecular weight excluding hydrogens is 296 g/mol. The largest absolute Gasteiger partial charge is 0.339 e. The van der Waals surface area contributed by atoms with Crippen LogP contribution in [0.25, 0.3) is 0 Å². The molecule has 3 rings (SSSR count). The molecule has 3 nitrogen and oxygen atoms in total. The highest BCUT2D eigenvalue weighted by Gasteiger charge is 2.27. The van der Waals surface area contributed by atoms with Gasteiger partial charge in [0.2, 0.25) is 0 Å². The molecule has 0 saturated carbocycles. The molecule has 2 heterocycles. The van der Waals surface area contributed by atoms with Gasteiger partial charge in [0, 0.05) is 29.7 Å². The molecule has 2 aliphatic heterocycles. The number of carbonyl (C=O) groups is 1. The van der Waals surface area contributed by atoms with E-state index >= 15 is 0 Å². The summed E-state index contributed by atoms with van der Waals surface area (Å²) in [5.41, 5.74) is 0.748. The van der Waals surface area contributed by atoms with Crippen LogP contribution in [-0.2, 0) is 0 Å². The summed E-state index contributed by atoms with van der Waals surface area (Å²) >= 11 is 5.89. The number of amides is 1. The van der Waals surface area contributed by atoms with Gasteiger partial charge in [-0.2, -0.15) is 0 Å². The number of benzene rings is 1. The van der Waals surface area contributed by atoms with Gasteiger partial charge >= 0.3 is 0 Å². The number of hydrogen-bond donors (Lipinski definition) is 0. The van der Waals surface area contributed by atoms with Crippen LogP contribution < -0.4 is 0 Å². The van der Waals surface area contributed by atoms with Crippen molar-refractivity contribution in [2.45, 2.75) is 44.6 Å². The first kappa shape index (κ1) is 15.8. The zero-order chi connectivity index (χ0) is 15.4. The normalized spacial score (nSPS) is 21.6. The van der Waals surface area contributed by atoms with E-state index in [4.69, 9.17) is 11.6 Å². The van der Waals surface area contributed by atoms with Crippen LogP contribution in [-0.4, -0.2) is 47.9 Å². The molecule has 0 atom stereocenters. The maximum absolute atomic E-state index is 12.5. The van der Waals surface area contributed by atoms with E-state index in [1.54, 1.807) is 12.1 Å². The van der Waals surface area contributed by atoms with Crippen molar-refractivity contribution < 1.29 is 4.79 Å².